The quantitative estimate of drug-likeness (QED) is 0.154. The van der Waals surface area contributed by atoms with Gasteiger partial charge in [-0.15, -0.1) is 0 Å². The molecule has 0 spiro atoms. The molecule has 1 saturated heterocycles. The molecule has 0 radical (unpaired) electrons. The smallest absolute Gasteiger partial charge is 0.343 e. The lowest BCUT2D eigenvalue weighted by Crippen LogP contribution is -2.37. The molecule has 10 nitrogen and oxygen atoms in total. The number of nitrogens with zero attached hydrogens (tertiary/aromatic N) is 5. The molecule has 0 atom stereocenters. The molecule has 10 heteroatoms. The van der Waals surface area contributed by atoms with E-state index < -0.39 is 5.97 Å². The van der Waals surface area contributed by atoms with Crippen molar-refractivity contribution in [3.8, 4) is 5.75 Å². The van der Waals surface area contributed by atoms with Crippen LogP contribution in [0.25, 0.3) is 0 Å². The maximum atomic E-state index is 12.3. The monoisotopic (exact) mass is 509 g/mol. The lowest BCUT2D eigenvalue weighted by molar-refractivity contribution is 0.0734. The molecule has 0 bridgehead atoms. The third kappa shape index (κ3) is 6.68. The van der Waals surface area contributed by atoms with Crippen LogP contribution in [0.1, 0.15) is 21.5 Å². The third-order valence-electron chi connectivity index (χ3n) is 5.70. The first-order chi connectivity index (χ1) is 18.6. The van der Waals surface area contributed by atoms with E-state index in [1.807, 2.05) is 54.3 Å². The number of anilines is 4. The van der Waals surface area contributed by atoms with Gasteiger partial charge in [0.15, 0.2) is 0 Å². The minimum Gasteiger partial charge on any atom is -0.423 e. The Morgan fingerprint density at radius 3 is 2.37 bits per heavy atom. The maximum absolute atomic E-state index is 12.3. The summed E-state index contributed by atoms with van der Waals surface area (Å²) in [6.45, 7) is 4.58. The molecule has 5 rings (SSSR count). The Hall–Kier alpha value is -4.83. The van der Waals surface area contributed by atoms with Crippen molar-refractivity contribution >= 4 is 35.7 Å². The van der Waals surface area contributed by atoms with Crippen molar-refractivity contribution < 1.29 is 14.3 Å². The van der Waals surface area contributed by atoms with Crippen LogP contribution in [-0.2, 0) is 4.74 Å². The molecule has 2 N–H and O–H groups in total. The number of carbonyl (C=O) groups excluding carboxylic acids is 1. The molecule has 38 heavy (non-hydrogen) atoms. The van der Waals surface area contributed by atoms with Crippen molar-refractivity contribution in [2.75, 3.05) is 41.9 Å². The number of para-hydroxylation sites is 1. The highest BCUT2D eigenvalue weighted by Crippen LogP contribution is 2.19. The lowest BCUT2D eigenvalue weighted by Gasteiger charge is -2.27. The van der Waals surface area contributed by atoms with E-state index in [-0.39, 0.29) is 0 Å². The zero-order valence-electron chi connectivity index (χ0n) is 20.9. The summed E-state index contributed by atoms with van der Waals surface area (Å²) >= 11 is 0. The number of benzene rings is 3. The molecule has 1 aliphatic heterocycles. The minimum absolute atomic E-state index is 0.305. The van der Waals surface area contributed by atoms with Crippen LogP contribution in [0, 0.1) is 6.92 Å². The van der Waals surface area contributed by atoms with Crippen LogP contribution in [0.5, 0.6) is 5.75 Å². The van der Waals surface area contributed by atoms with Crippen LogP contribution < -0.4 is 20.4 Å². The molecule has 4 aromatic rings. The normalized spacial score (nSPS) is 13.3. The van der Waals surface area contributed by atoms with Crippen LogP contribution in [0.15, 0.2) is 84.0 Å². The van der Waals surface area contributed by atoms with Gasteiger partial charge in [-0.3, -0.25) is 0 Å². The number of esters is 1. The highest BCUT2D eigenvalue weighted by atomic mass is 16.5. The van der Waals surface area contributed by atoms with Crippen LogP contribution in [0.2, 0.25) is 0 Å². The third-order valence-corrected chi connectivity index (χ3v) is 5.70. The number of hydrogen-bond donors (Lipinski definition) is 2. The van der Waals surface area contributed by atoms with Gasteiger partial charge < -0.3 is 19.7 Å². The Kier molecular flexibility index (Phi) is 7.80. The van der Waals surface area contributed by atoms with Crippen molar-refractivity contribution in [1.29, 1.82) is 0 Å². The highest BCUT2D eigenvalue weighted by molar-refractivity contribution is 5.91. The second-order valence-corrected chi connectivity index (χ2v) is 8.57. The number of rotatable bonds is 8. The van der Waals surface area contributed by atoms with Crippen LogP contribution >= 0.6 is 0 Å². The molecule has 1 fully saturated rings. The minimum atomic E-state index is -0.404. The summed E-state index contributed by atoms with van der Waals surface area (Å²) in [6.07, 6.45) is 1.63. The van der Waals surface area contributed by atoms with Gasteiger partial charge in [-0.05, 0) is 61.0 Å². The van der Waals surface area contributed by atoms with Gasteiger partial charge in [0.1, 0.15) is 5.75 Å². The number of aromatic nitrogens is 3. The summed E-state index contributed by atoms with van der Waals surface area (Å²) in [5.74, 6) is 1.30. The van der Waals surface area contributed by atoms with Gasteiger partial charge in [0.25, 0.3) is 0 Å². The van der Waals surface area contributed by atoms with Gasteiger partial charge in [0.05, 0.1) is 25.0 Å². The van der Waals surface area contributed by atoms with E-state index in [0.29, 0.717) is 55.5 Å². The van der Waals surface area contributed by atoms with Crippen LogP contribution in [0.4, 0.5) is 23.5 Å². The van der Waals surface area contributed by atoms with Gasteiger partial charge in [-0.2, -0.15) is 20.1 Å². The molecule has 0 saturated carbocycles. The number of carbonyl (C=O) groups is 1. The molecule has 1 aromatic heterocycles. The first-order valence-corrected chi connectivity index (χ1v) is 12.2. The van der Waals surface area contributed by atoms with Crippen LogP contribution in [-0.4, -0.2) is 53.4 Å². The molecule has 0 unspecified atom stereocenters. The van der Waals surface area contributed by atoms with Crippen molar-refractivity contribution in [3.05, 3.63) is 95.6 Å². The summed E-state index contributed by atoms with van der Waals surface area (Å²) in [7, 11) is 0. The number of ether oxygens (including phenoxy) is 2. The Labute approximate surface area is 220 Å². The molecular formula is C28H27N7O3. The first kappa shape index (κ1) is 24.8. The summed E-state index contributed by atoms with van der Waals surface area (Å²) in [5.41, 5.74) is 6.14. The fourth-order valence-electron chi connectivity index (χ4n) is 3.67. The van der Waals surface area contributed by atoms with Crippen LogP contribution in [0.3, 0.4) is 0 Å². The van der Waals surface area contributed by atoms with Gasteiger partial charge in [-0.25, -0.2) is 10.2 Å². The average Bonchev–Trinajstić information content (AvgIpc) is 2.95. The molecular weight excluding hydrogens is 482 g/mol. The van der Waals surface area contributed by atoms with E-state index in [9.17, 15) is 4.79 Å². The van der Waals surface area contributed by atoms with Gasteiger partial charge >= 0.3 is 5.97 Å². The zero-order valence-corrected chi connectivity index (χ0v) is 20.9. The van der Waals surface area contributed by atoms with E-state index in [4.69, 9.17) is 9.47 Å². The molecule has 2 heterocycles. The van der Waals surface area contributed by atoms with E-state index in [0.717, 1.165) is 16.8 Å². The molecule has 1 aliphatic rings. The first-order valence-electron chi connectivity index (χ1n) is 12.2. The van der Waals surface area contributed by atoms with E-state index in [2.05, 4.69) is 30.8 Å². The summed E-state index contributed by atoms with van der Waals surface area (Å²) in [4.78, 5) is 28.0. The maximum Gasteiger partial charge on any atom is 0.343 e. The Morgan fingerprint density at radius 1 is 0.921 bits per heavy atom. The summed E-state index contributed by atoms with van der Waals surface area (Å²) < 4.78 is 10.9. The van der Waals surface area contributed by atoms with E-state index >= 15 is 0 Å². The Bertz CT molecular complexity index is 1390. The van der Waals surface area contributed by atoms with Crippen molar-refractivity contribution in [3.63, 3.8) is 0 Å². The molecule has 0 aliphatic carbocycles. The molecule has 0 amide bonds. The van der Waals surface area contributed by atoms with Crippen molar-refractivity contribution in [2.24, 2.45) is 5.10 Å². The molecule has 192 valence electrons. The number of morpholine rings is 1. The summed E-state index contributed by atoms with van der Waals surface area (Å²) in [6, 6.07) is 24.0. The Balaban J connectivity index is 1.25. The van der Waals surface area contributed by atoms with Gasteiger partial charge in [-0.1, -0.05) is 35.9 Å². The SMILES string of the molecule is Cc1ccc(C(=O)Oc2ccc(/C=N/Nc3nc(Nc4ccccc4)nc(N4CCOCC4)n3)cc2)cc1. The predicted molar refractivity (Wildman–Crippen MR) is 146 cm³/mol. The second-order valence-electron chi connectivity index (χ2n) is 8.57. The van der Waals surface area contributed by atoms with E-state index in [1.165, 1.54) is 0 Å². The van der Waals surface area contributed by atoms with Gasteiger partial charge in [0.2, 0.25) is 17.8 Å². The number of aryl methyl sites for hydroxylation is 1. The highest BCUT2D eigenvalue weighted by Gasteiger charge is 2.17. The fourth-order valence-corrected chi connectivity index (χ4v) is 3.67. The second kappa shape index (κ2) is 11.9. The average molecular weight is 510 g/mol. The largest absolute Gasteiger partial charge is 0.423 e. The topological polar surface area (TPSA) is 114 Å². The number of hydrazone groups is 1. The predicted octanol–water partition coefficient (Wildman–Crippen LogP) is 4.43. The van der Waals surface area contributed by atoms with Gasteiger partial charge in [0, 0.05) is 18.8 Å². The zero-order chi connectivity index (χ0) is 26.2. The Morgan fingerprint density at radius 2 is 1.63 bits per heavy atom. The summed E-state index contributed by atoms with van der Waals surface area (Å²) in [5, 5.41) is 7.50. The van der Waals surface area contributed by atoms with E-state index in [1.54, 1.807) is 42.6 Å². The number of nitrogens with one attached hydrogen (secondary N) is 2. The fraction of sp³-hybridized carbons (Fsp3) is 0.179. The standard InChI is InChI=1S/C28H27N7O3/c1-20-7-11-22(12-8-20)25(36)38-24-13-9-21(10-14-24)19-29-34-27-31-26(30-23-5-3-2-4-6-23)32-28(33-27)35-15-17-37-18-16-35/h2-14,19H,15-18H2,1H3,(H2,30,31,32,33,34)/b29-19+. The molecule has 3 aromatic carbocycles. The van der Waals surface area contributed by atoms with Crippen molar-refractivity contribution in [2.45, 2.75) is 6.92 Å². The van der Waals surface area contributed by atoms with Crippen molar-refractivity contribution in [1.82, 2.24) is 15.0 Å². The number of hydrogen-bond acceptors (Lipinski definition) is 10. The lowest BCUT2D eigenvalue weighted by atomic mass is 10.1.